The summed E-state index contributed by atoms with van der Waals surface area (Å²) in [5.74, 6) is 0.765. The van der Waals surface area contributed by atoms with Crippen LogP contribution in [0.2, 0.25) is 0 Å². The summed E-state index contributed by atoms with van der Waals surface area (Å²) in [5, 5.41) is 3.73. The second-order valence-corrected chi connectivity index (χ2v) is 6.68. The van der Waals surface area contributed by atoms with Gasteiger partial charge in [-0.3, -0.25) is 4.79 Å². The zero-order valence-corrected chi connectivity index (χ0v) is 13.1. The molecule has 1 saturated heterocycles. The van der Waals surface area contributed by atoms with E-state index in [0.717, 1.165) is 38.8 Å². The number of rotatable bonds is 4. The van der Waals surface area contributed by atoms with Gasteiger partial charge in [-0.2, -0.15) is 0 Å². The highest BCUT2D eigenvalue weighted by Crippen LogP contribution is 2.32. The Balaban J connectivity index is 1.49. The molecule has 1 N–H and O–H groups in total. The third-order valence-electron chi connectivity index (χ3n) is 4.76. The number of benzene rings is 1. The minimum atomic E-state index is 0.362. The molecule has 1 heterocycles. The van der Waals surface area contributed by atoms with Gasteiger partial charge >= 0.3 is 0 Å². The largest absolute Gasteiger partial charge is 0.342 e. The number of aryl methyl sites for hydroxylation is 1. The summed E-state index contributed by atoms with van der Waals surface area (Å²) < 4.78 is 0. The lowest BCUT2D eigenvalue weighted by atomic mass is 10.0. The lowest BCUT2D eigenvalue weighted by Crippen LogP contribution is -2.45. The van der Waals surface area contributed by atoms with Gasteiger partial charge in [0.25, 0.3) is 0 Å². The van der Waals surface area contributed by atoms with Crippen molar-refractivity contribution in [2.75, 3.05) is 13.1 Å². The Morgan fingerprint density at radius 3 is 2.57 bits per heavy atom. The molecule has 1 aliphatic carbocycles. The van der Waals surface area contributed by atoms with Crippen molar-refractivity contribution in [2.45, 2.75) is 51.6 Å². The Hall–Kier alpha value is -1.35. The van der Waals surface area contributed by atoms with Gasteiger partial charge in [0, 0.05) is 31.1 Å². The van der Waals surface area contributed by atoms with Crippen LogP contribution in [-0.2, 0) is 4.79 Å². The van der Waals surface area contributed by atoms with Gasteiger partial charge in [-0.1, -0.05) is 29.8 Å². The van der Waals surface area contributed by atoms with Crippen LogP contribution in [0.15, 0.2) is 24.3 Å². The molecule has 1 amide bonds. The van der Waals surface area contributed by atoms with Crippen LogP contribution in [0.5, 0.6) is 0 Å². The number of likely N-dealkylation sites (tertiary alicyclic amines) is 1. The van der Waals surface area contributed by atoms with Crippen molar-refractivity contribution in [2.24, 2.45) is 5.92 Å². The normalized spacial score (nSPS) is 21.3. The maximum atomic E-state index is 12.1. The van der Waals surface area contributed by atoms with Crippen molar-refractivity contribution >= 4 is 5.91 Å². The molecule has 114 valence electrons. The molecule has 1 atom stereocenters. The minimum Gasteiger partial charge on any atom is -0.342 e. The van der Waals surface area contributed by atoms with Gasteiger partial charge in [-0.25, -0.2) is 0 Å². The second kappa shape index (κ2) is 6.18. The van der Waals surface area contributed by atoms with Crippen LogP contribution >= 0.6 is 0 Å². The van der Waals surface area contributed by atoms with E-state index in [1.54, 1.807) is 0 Å². The topological polar surface area (TPSA) is 32.3 Å². The average Bonchev–Trinajstić information content (AvgIpc) is 3.32. The Bertz CT molecular complexity index is 502. The van der Waals surface area contributed by atoms with E-state index >= 15 is 0 Å². The SMILES string of the molecule is Cc1cccc(C(C)NC2CCN(C(=O)C3CC3)CC2)c1. The number of hydrogen-bond acceptors (Lipinski definition) is 2. The van der Waals surface area contributed by atoms with Crippen molar-refractivity contribution in [3.05, 3.63) is 35.4 Å². The molecular weight excluding hydrogens is 260 g/mol. The lowest BCUT2D eigenvalue weighted by molar-refractivity contribution is -0.133. The summed E-state index contributed by atoms with van der Waals surface area (Å²) in [5.41, 5.74) is 2.66. The van der Waals surface area contributed by atoms with E-state index in [1.807, 2.05) is 0 Å². The maximum Gasteiger partial charge on any atom is 0.225 e. The van der Waals surface area contributed by atoms with Gasteiger partial charge in [0.2, 0.25) is 5.91 Å². The van der Waals surface area contributed by atoms with Gasteiger partial charge in [-0.15, -0.1) is 0 Å². The fourth-order valence-electron chi connectivity index (χ4n) is 3.24. The molecular formula is C18H26N2O. The Morgan fingerprint density at radius 1 is 1.24 bits per heavy atom. The Labute approximate surface area is 127 Å². The quantitative estimate of drug-likeness (QED) is 0.922. The maximum absolute atomic E-state index is 12.1. The first-order valence-electron chi connectivity index (χ1n) is 8.25. The van der Waals surface area contributed by atoms with Crippen LogP contribution in [0.25, 0.3) is 0 Å². The molecule has 0 spiro atoms. The molecule has 1 aromatic rings. The molecule has 21 heavy (non-hydrogen) atoms. The van der Waals surface area contributed by atoms with Gasteiger partial charge < -0.3 is 10.2 Å². The van der Waals surface area contributed by atoms with Crippen LogP contribution in [-0.4, -0.2) is 29.9 Å². The van der Waals surface area contributed by atoms with Crippen molar-refractivity contribution in [3.63, 3.8) is 0 Å². The zero-order chi connectivity index (χ0) is 14.8. The predicted molar refractivity (Wildman–Crippen MR) is 85.1 cm³/mol. The number of nitrogens with one attached hydrogen (secondary N) is 1. The molecule has 3 nitrogen and oxygen atoms in total. The number of hydrogen-bond donors (Lipinski definition) is 1. The molecule has 0 aromatic heterocycles. The summed E-state index contributed by atoms with van der Waals surface area (Å²) >= 11 is 0. The van der Waals surface area contributed by atoms with E-state index in [4.69, 9.17) is 0 Å². The van der Waals surface area contributed by atoms with Gasteiger partial charge in [0.15, 0.2) is 0 Å². The van der Waals surface area contributed by atoms with Crippen molar-refractivity contribution in [3.8, 4) is 0 Å². The Morgan fingerprint density at radius 2 is 1.95 bits per heavy atom. The molecule has 1 aromatic carbocycles. The first kappa shape index (κ1) is 14.6. The number of piperidine rings is 1. The summed E-state index contributed by atoms with van der Waals surface area (Å²) in [4.78, 5) is 14.1. The van der Waals surface area contributed by atoms with Crippen molar-refractivity contribution in [1.82, 2.24) is 10.2 Å². The fourth-order valence-corrected chi connectivity index (χ4v) is 3.24. The highest BCUT2D eigenvalue weighted by Gasteiger charge is 2.34. The van der Waals surface area contributed by atoms with E-state index < -0.39 is 0 Å². The van der Waals surface area contributed by atoms with Gasteiger partial charge in [0.05, 0.1) is 0 Å². The van der Waals surface area contributed by atoms with Crippen LogP contribution < -0.4 is 5.32 Å². The van der Waals surface area contributed by atoms with E-state index in [9.17, 15) is 4.79 Å². The first-order chi connectivity index (χ1) is 10.1. The molecule has 0 bridgehead atoms. The molecule has 2 fully saturated rings. The molecule has 1 aliphatic heterocycles. The number of carbonyl (C=O) groups excluding carboxylic acids is 1. The molecule has 0 radical (unpaired) electrons. The van der Waals surface area contributed by atoms with E-state index in [-0.39, 0.29) is 0 Å². The summed E-state index contributed by atoms with van der Waals surface area (Å²) in [6.07, 6.45) is 4.38. The van der Waals surface area contributed by atoms with Crippen molar-refractivity contribution in [1.29, 1.82) is 0 Å². The molecule has 1 unspecified atom stereocenters. The van der Waals surface area contributed by atoms with Crippen LogP contribution in [0.4, 0.5) is 0 Å². The van der Waals surface area contributed by atoms with E-state index in [0.29, 0.717) is 23.9 Å². The second-order valence-electron chi connectivity index (χ2n) is 6.68. The highest BCUT2D eigenvalue weighted by atomic mass is 16.2. The van der Waals surface area contributed by atoms with Crippen LogP contribution in [0.1, 0.15) is 49.8 Å². The third-order valence-corrected chi connectivity index (χ3v) is 4.76. The molecule has 3 rings (SSSR count). The zero-order valence-electron chi connectivity index (χ0n) is 13.1. The van der Waals surface area contributed by atoms with Crippen LogP contribution in [0.3, 0.4) is 0 Å². The van der Waals surface area contributed by atoms with Gasteiger partial charge in [-0.05, 0) is 45.1 Å². The predicted octanol–water partition coefficient (Wildman–Crippen LogP) is 3.05. The highest BCUT2D eigenvalue weighted by molar-refractivity contribution is 5.81. The monoisotopic (exact) mass is 286 g/mol. The number of nitrogens with zero attached hydrogens (tertiary/aromatic N) is 1. The summed E-state index contributed by atoms with van der Waals surface area (Å²) in [6.45, 7) is 6.22. The average molecular weight is 286 g/mol. The first-order valence-corrected chi connectivity index (χ1v) is 8.25. The smallest absolute Gasteiger partial charge is 0.225 e. The number of amides is 1. The number of carbonyl (C=O) groups is 1. The van der Waals surface area contributed by atoms with Crippen LogP contribution in [0, 0.1) is 12.8 Å². The standard InChI is InChI=1S/C18H26N2O/c1-13-4-3-5-16(12-13)14(2)19-17-8-10-20(11-9-17)18(21)15-6-7-15/h3-5,12,14-15,17,19H,6-11H2,1-2H3. The summed E-state index contributed by atoms with van der Waals surface area (Å²) in [7, 11) is 0. The molecule has 3 heteroatoms. The van der Waals surface area contributed by atoms with Gasteiger partial charge in [0.1, 0.15) is 0 Å². The van der Waals surface area contributed by atoms with E-state index in [1.165, 1.54) is 11.1 Å². The third kappa shape index (κ3) is 3.65. The molecule has 1 saturated carbocycles. The van der Waals surface area contributed by atoms with E-state index in [2.05, 4.69) is 48.3 Å². The Kier molecular flexibility index (Phi) is 4.29. The molecule has 2 aliphatic rings. The lowest BCUT2D eigenvalue weighted by Gasteiger charge is -2.34. The summed E-state index contributed by atoms with van der Waals surface area (Å²) in [6, 6.07) is 9.61. The fraction of sp³-hybridized carbons (Fsp3) is 0.611. The van der Waals surface area contributed by atoms with Crippen molar-refractivity contribution < 1.29 is 4.79 Å². The minimum absolute atomic E-state index is 0.362.